The van der Waals surface area contributed by atoms with Crippen LogP contribution in [-0.4, -0.2) is 36.7 Å². The summed E-state index contributed by atoms with van der Waals surface area (Å²) in [4.78, 5) is 13.5. The fourth-order valence-corrected chi connectivity index (χ4v) is 3.63. The van der Waals surface area contributed by atoms with Crippen LogP contribution in [0.3, 0.4) is 0 Å². The van der Waals surface area contributed by atoms with Gasteiger partial charge in [0.05, 0.1) is 23.3 Å². The number of morpholine rings is 1. The first-order chi connectivity index (χ1) is 13.6. The van der Waals surface area contributed by atoms with Crippen molar-refractivity contribution in [2.75, 3.05) is 18.0 Å². The monoisotopic (exact) mass is 384 g/mol. The Bertz CT molecular complexity index is 979. The molecule has 4 rings (SSSR count). The summed E-state index contributed by atoms with van der Waals surface area (Å²) in [5, 5.41) is 4.21. The zero-order valence-electron chi connectivity index (χ0n) is 15.7. The largest absolute Gasteiger partial charge is 0.470 e. The highest BCUT2D eigenvalue weighted by atomic mass is 19.1. The van der Waals surface area contributed by atoms with E-state index in [0.29, 0.717) is 24.8 Å². The number of fused-ring (bicyclic) bond motifs is 1. The highest BCUT2D eigenvalue weighted by Gasteiger charge is 2.29. The predicted octanol–water partition coefficient (Wildman–Crippen LogP) is 3.97. The molecule has 1 aliphatic rings. The second-order valence-corrected chi connectivity index (χ2v) is 7.05. The molecule has 2 heterocycles. The zero-order valence-corrected chi connectivity index (χ0v) is 15.7. The number of ether oxygens (including phenoxy) is 2. The summed E-state index contributed by atoms with van der Waals surface area (Å²) < 4.78 is 31.9. The number of rotatable bonds is 5. The Hall–Kier alpha value is -2.93. The minimum Gasteiger partial charge on any atom is -0.470 e. The number of hydrogen-bond donors (Lipinski definition) is 0. The number of aldehydes is 1. The van der Waals surface area contributed by atoms with Crippen LogP contribution in [-0.2, 0) is 11.3 Å². The lowest BCUT2D eigenvalue weighted by Crippen LogP contribution is -2.46. The average molecular weight is 384 g/mol. The van der Waals surface area contributed by atoms with Gasteiger partial charge in [0.15, 0.2) is 12.1 Å². The lowest BCUT2D eigenvalue weighted by Gasteiger charge is -2.37. The van der Waals surface area contributed by atoms with Crippen LogP contribution in [0.4, 0.5) is 10.1 Å². The van der Waals surface area contributed by atoms with Gasteiger partial charge in [-0.2, -0.15) is 0 Å². The van der Waals surface area contributed by atoms with Crippen molar-refractivity contribution in [3.63, 3.8) is 0 Å². The highest BCUT2D eigenvalue weighted by molar-refractivity contribution is 5.96. The second-order valence-electron chi connectivity index (χ2n) is 7.05. The van der Waals surface area contributed by atoms with Gasteiger partial charge >= 0.3 is 0 Å². The summed E-state index contributed by atoms with van der Waals surface area (Å²) in [6.07, 6.45) is 0.507. The molecule has 3 aromatic rings. The Kier molecular flexibility index (Phi) is 5.00. The zero-order chi connectivity index (χ0) is 19.7. The van der Waals surface area contributed by atoms with Crippen molar-refractivity contribution in [1.82, 2.24) is 5.16 Å². The van der Waals surface area contributed by atoms with Crippen molar-refractivity contribution in [3.05, 3.63) is 53.3 Å². The number of carbonyl (C=O) groups excluding carboxylic acids is 1. The van der Waals surface area contributed by atoms with Gasteiger partial charge in [0.1, 0.15) is 6.61 Å². The van der Waals surface area contributed by atoms with Gasteiger partial charge in [0.25, 0.3) is 5.88 Å². The molecule has 28 heavy (non-hydrogen) atoms. The van der Waals surface area contributed by atoms with Gasteiger partial charge in [-0.3, -0.25) is 4.79 Å². The van der Waals surface area contributed by atoms with E-state index in [0.717, 1.165) is 5.56 Å². The van der Waals surface area contributed by atoms with Gasteiger partial charge in [-0.25, -0.2) is 4.39 Å². The molecular formula is C21H21FN2O4. The first-order valence-corrected chi connectivity index (χ1v) is 9.21. The molecule has 1 aliphatic heterocycles. The summed E-state index contributed by atoms with van der Waals surface area (Å²) in [5.74, 6) is -0.445. The van der Waals surface area contributed by atoms with Gasteiger partial charge in [0, 0.05) is 18.7 Å². The summed E-state index contributed by atoms with van der Waals surface area (Å²) in [6, 6.07) is 11.1. The van der Waals surface area contributed by atoms with Crippen molar-refractivity contribution < 1.29 is 23.2 Å². The van der Waals surface area contributed by atoms with Gasteiger partial charge in [0.2, 0.25) is 5.58 Å². The third-order valence-corrected chi connectivity index (χ3v) is 4.76. The van der Waals surface area contributed by atoms with Crippen molar-refractivity contribution in [2.45, 2.75) is 32.7 Å². The Balaban J connectivity index is 1.69. The van der Waals surface area contributed by atoms with Crippen LogP contribution in [0.5, 0.6) is 5.88 Å². The quantitative estimate of drug-likeness (QED) is 0.620. The molecule has 0 amide bonds. The maximum absolute atomic E-state index is 15.3. The molecule has 7 heteroatoms. The van der Waals surface area contributed by atoms with Gasteiger partial charge in [-0.1, -0.05) is 30.3 Å². The number of nitrogens with zero attached hydrogens (tertiary/aromatic N) is 2. The smallest absolute Gasteiger partial charge is 0.262 e. The van der Waals surface area contributed by atoms with Crippen LogP contribution in [0.25, 0.3) is 11.0 Å². The Morgan fingerprint density at radius 1 is 1.25 bits per heavy atom. The predicted molar refractivity (Wildman–Crippen MR) is 102 cm³/mol. The van der Waals surface area contributed by atoms with Crippen molar-refractivity contribution in [2.24, 2.45) is 0 Å². The molecule has 0 N–H and O–H groups in total. The average Bonchev–Trinajstić information content (AvgIpc) is 3.09. The third kappa shape index (κ3) is 3.45. The molecule has 146 valence electrons. The van der Waals surface area contributed by atoms with Crippen LogP contribution in [0.1, 0.15) is 29.8 Å². The topological polar surface area (TPSA) is 64.8 Å². The van der Waals surface area contributed by atoms with Crippen LogP contribution in [0.2, 0.25) is 0 Å². The van der Waals surface area contributed by atoms with E-state index in [9.17, 15) is 4.79 Å². The van der Waals surface area contributed by atoms with Gasteiger partial charge < -0.3 is 18.9 Å². The van der Waals surface area contributed by atoms with E-state index in [-0.39, 0.29) is 41.5 Å². The van der Waals surface area contributed by atoms with E-state index < -0.39 is 5.82 Å². The van der Waals surface area contributed by atoms with E-state index in [2.05, 4.69) is 5.16 Å². The fraction of sp³-hybridized carbons (Fsp3) is 0.333. The minimum atomic E-state index is -0.608. The molecular weight excluding hydrogens is 363 g/mol. The standard InChI is InChI=1S/C21H21FN2O4/c1-13-9-24(10-14(2)27-13)19-16(11-25)8-17-20(18(19)22)28-23-21(17)26-12-15-6-4-3-5-7-15/h3-8,11,13-14H,9-10,12H2,1-2H3/t13-,14+. The fourth-order valence-electron chi connectivity index (χ4n) is 3.63. The second kappa shape index (κ2) is 7.59. The van der Waals surface area contributed by atoms with Crippen molar-refractivity contribution >= 4 is 22.9 Å². The molecule has 0 bridgehead atoms. The number of anilines is 1. The first kappa shape index (κ1) is 18.4. The minimum absolute atomic E-state index is 0.0181. The van der Waals surface area contributed by atoms with Crippen LogP contribution in [0.15, 0.2) is 40.9 Å². The number of benzene rings is 2. The third-order valence-electron chi connectivity index (χ3n) is 4.76. The summed E-state index contributed by atoms with van der Waals surface area (Å²) in [6.45, 7) is 5.08. The van der Waals surface area contributed by atoms with E-state index >= 15 is 4.39 Å². The lowest BCUT2D eigenvalue weighted by molar-refractivity contribution is -0.00543. The Labute approximate surface area is 161 Å². The molecule has 0 unspecified atom stereocenters. The van der Waals surface area contributed by atoms with E-state index in [4.69, 9.17) is 14.0 Å². The van der Waals surface area contributed by atoms with Crippen molar-refractivity contribution in [1.29, 1.82) is 0 Å². The molecule has 1 saturated heterocycles. The van der Waals surface area contributed by atoms with Gasteiger partial charge in [-0.05, 0) is 30.6 Å². The highest BCUT2D eigenvalue weighted by Crippen LogP contribution is 2.36. The number of aromatic nitrogens is 1. The maximum atomic E-state index is 15.3. The van der Waals surface area contributed by atoms with E-state index in [1.165, 1.54) is 0 Å². The Morgan fingerprint density at radius 3 is 2.64 bits per heavy atom. The van der Waals surface area contributed by atoms with Crippen molar-refractivity contribution in [3.8, 4) is 5.88 Å². The molecule has 0 saturated carbocycles. The molecule has 0 spiro atoms. The van der Waals surface area contributed by atoms with Crippen LogP contribution < -0.4 is 9.64 Å². The Morgan fingerprint density at radius 2 is 1.96 bits per heavy atom. The molecule has 6 nitrogen and oxygen atoms in total. The van der Waals surface area contributed by atoms with E-state index in [1.807, 2.05) is 49.1 Å². The molecule has 1 fully saturated rings. The molecule has 0 aliphatic carbocycles. The number of halogens is 1. The summed E-state index contributed by atoms with van der Waals surface area (Å²) >= 11 is 0. The molecule has 2 atom stereocenters. The molecule has 1 aromatic heterocycles. The number of hydrogen-bond acceptors (Lipinski definition) is 6. The summed E-state index contributed by atoms with van der Waals surface area (Å²) in [7, 11) is 0. The normalized spacial score (nSPS) is 19.8. The number of carbonyl (C=O) groups is 1. The van der Waals surface area contributed by atoms with E-state index in [1.54, 1.807) is 6.07 Å². The SMILES string of the molecule is C[C@@H]1CN(c2c(C=O)cc3c(OCc4ccccc4)noc3c2F)C[C@H](C)O1. The maximum Gasteiger partial charge on any atom is 0.262 e. The molecule has 0 radical (unpaired) electrons. The first-order valence-electron chi connectivity index (χ1n) is 9.21. The van der Waals surface area contributed by atoms with Gasteiger partial charge in [-0.15, -0.1) is 0 Å². The van der Waals surface area contributed by atoms with Crippen LogP contribution in [0, 0.1) is 5.82 Å². The van der Waals surface area contributed by atoms with Crippen LogP contribution >= 0.6 is 0 Å². The lowest BCUT2D eigenvalue weighted by atomic mass is 10.1. The molecule has 2 aromatic carbocycles. The summed E-state index contributed by atoms with van der Waals surface area (Å²) in [5.41, 5.74) is 1.38.